The molecule has 0 saturated carbocycles. The van der Waals surface area contributed by atoms with Crippen molar-refractivity contribution in [1.29, 1.82) is 0 Å². The van der Waals surface area contributed by atoms with Gasteiger partial charge in [0.15, 0.2) is 0 Å². The number of pyridine rings is 1. The summed E-state index contributed by atoms with van der Waals surface area (Å²) in [6, 6.07) is 13.2. The topological polar surface area (TPSA) is 28.5 Å². The summed E-state index contributed by atoms with van der Waals surface area (Å²) < 4.78 is 15.7. The van der Waals surface area contributed by atoms with E-state index in [9.17, 15) is 9.18 Å². The lowest BCUT2D eigenvalue weighted by Gasteiger charge is -2.41. The van der Waals surface area contributed by atoms with Gasteiger partial charge in [-0.05, 0) is 93.4 Å². The highest BCUT2D eigenvalue weighted by Crippen LogP contribution is 2.41. The van der Waals surface area contributed by atoms with Crippen LogP contribution in [0.25, 0.3) is 22.0 Å². The molecule has 1 aromatic heterocycles. The fourth-order valence-corrected chi connectivity index (χ4v) is 7.72. The molecule has 0 amide bonds. The third-order valence-electron chi connectivity index (χ3n) is 8.70. The number of nitrogens with zero attached hydrogens (tertiary/aromatic N) is 3. The molecular weight excluding hydrogens is 556 g/mol. The van der Waals surface area contributed by atoms with Gasteiger partial charge < -0.3 is 4.90 Å². The summed E-state index contributed by atoms with van der Waals surface area (Å²) in [5.74, 6) is -0.391. The molecule has 4 atom stereocenters. The second-order valence-electron chi connectivity index (χ2n) is 11.2. The van der Waals surface area contributed by atoms with E-state index in [-0.39, 0.29) is 5.56 Å². The Morgan fingerprint density at radius 3 is 2.41 bits per heavy atom. The highest BCUT2D eigenvalue weighted by molar-refractivity contribution is 6.34. The summed E-state index contributed by atoms with van der Waals surface area (Å²) in [4.78, 5) is 18.4. The number of fused-ring (bicyclic) bond motifs is 3. The number of hydrogen-bond donors (Lipinski definition) is 0. The highest BCUT2D eigenvalue weighted by atomic mass is 35.5. The lowest BCUT2D eigenvalue weighted by molar-refractivity contribution is 0.0750. The van der Waals surface area contributed by atoms with Crippen LogP contribution in [0.2, 0.25) is 5.02 Å². The van der Waals surface area contributed by atoms with Crippen LogP contribution in [-0.2, 0) is 6.54 Å². The highest BCUT2D eigenvalue weighted by Gasteiger charge is 2.41. The van der Waals surface area contributed by atoms with E-state index in [1.165, 1.54) is 25.0 Å². The molecule has 2 fully saturated rings. The molecule has 39 heavy (non-hydrogen) atoms. The number of rotatable bonds is 5. The predicted octanol–water partition coefficient (Wildman–Crippen LogP) is 7.36. The van der Waals surface area contributed by atoms with Gasteiger partial charge in [-0.1, -0.05) is 35.4 Å². The second kappa shape index (κ2) is 10.7. The first kappa shape index (κ1) is 27.0. The van der Waals surface area contributed by atoms with Gasteiger partial charge in [0.25, 0.3) is 5.56 Å². The van der Waals surface area contributed by atoms with Crippen LogP contribution in [0, 0.1) is 5.82 Å². The number of alkyl halides is 1. The molecule has 3 aliphatic rings. The smallest absolute Gasteiger partial charge is 0.251 e. The minimum Gasteiger partial charge on any atom is -0.306 e. The number of piperidine rings is 1. The number of hydrogen-bond acceptors (Lipinski definition) is 3. The zero-order valence-electron chi connectivity index (χ0n) is 22.0. The lowest BCUT2D eigenvalue weighted by Crippen LogP contribution is -2.48. The predicted molar refractivity (Wildman–Crippen MR) is 159 cm³/mol. The van der Waals surface area contributed by atoms with Crippen molar-refractivity contribution in [3.63, 3.8) is 0 Å². The van der Waals surface area contributed by atoms with Gasteiger partial charge in [0.1, 0.15) is 5.82 Å². The third-order valence-corrected chi connectivity index (χ3v) is 9.74. The van der Waals surface area contributed by atoms with Crippen LogP contribution >= 0.6 is 34.8 Å². The normalized spacial score (nSPS) is 26.9. The van der Waals surface area contributed by atoms with E-state index in [0.717, 1.165) is 47.0 Å². The Balaban J connectivity index is 1.52. The molecule has 0 spiro atoms. The van der Waals surface area contributed by atoms with E-state index in [0.29, 0.717) is 28.2 Å². The van der Waals surface area contributed by atoms with Crippen molar-refractivity contribution < 1.29 is 4.39 Å². The zero-order chi connectivity index (χ0) is 27.4. The first-order valence-corrected chi connectivity index (χ1v) is 14.6. The van der Waals surface area contributed by atoms with E-state index in [2.05, 4.69) is 36.0 Å². The molecule has 6 rings (SSSR count). The van der Waals surface area contributed by atoms with Gasteiger partial charge in [-0.2, -0.15) is 0 Å². The van der Waals surface area contributed by atoms with Crippen LogP contribution in [0.1, 0.15) is 37.3 Å². The number of aromatic nitrogens is 1. The molecule has 204 valence electrons. The largest absolute Gasteiger partial charge is 0.306 e. The van der Waals surface area contributed by atoms with Gasteiger partial charge in [0, 0.05) is 46.7 Å². The van der Waals surface area contributed by atoms with Gasteiger partial charge in [-0.3, -0.25) is 14.3 Å². The Kier molecular flexibility index (Phi) is 7.41. The average molecular weight is 587 g/mol. The molecule has 0 N–H and O–H groups in total. The molecule has 4 nitrogen and oxygen atoms in total. The van der Waals surface area contributed by atoms with E-state index < -0.39 is 17.2 Å². The standard InChI is InChI=1S/C31H31Cl3FN3O/c1-36(2)22-15-20-7-8-21(16-22)37(20)17-18-12-25(23-9-6-19(35)14-28(23)34)24-10-11-30(39)38(29(24)13-18)31-26(32)4-3-5-27(31)33/h3-6,9-14,20-22,26,31H,7-8,15-17H2,1-2H3. The van der Waals surface area contributed by atoms with E-state index in [1.54, 1.807) is 22.8 Å². The summed E-state index contributed by atoms with van der Waals surface area (Å²) >= 11 is 20.0. The first-order valence-electron chi connectivity index (χ1n) is 13.4. The number of benzene rings is 2. The average Bonchev–Trinajstić information content (AvgIpc) is 3.10. The lowest BCUT2D eigenvalue weighted by atomic mass is 9.94. The van der Waals surface area contributed by atoms with Crippen LogP contribution in [0.4, 0.5) is 4.39 Å². The van der Waals surface area contributed by atoms with Crippen molar-refractivity contribution in [1.82, 2.24) is 14.4 Å². The van der Waals surface area contributed by atoms with Crippen molar-refractivity contribution in [2.75, 3.05) is 14.1 Å². The molecule has 3 aromatic rings. The Morgan fingerprint density at radius 1 is 1.00 bits per heavy atom. The quantitative estimate of drug-likeness (QED) is 0.293. The van der Waals surface area contributed by atoms with Crippen molar-refractivity contribution in [2.45, 2.75) is 61.8 Å². The molecule has 2 aliphatic heterocycles. The maximum absolute atomic E-state index is 14.0. The van der Waals surface area contributed by atoms with Crippen molar-refractivity contribution >= 4 is 45.7 Å². The summed E-state index contributed by atoms with van der Waals surface area (Å²) in [6.45, 7) is 0.763. The summed E-state index contributed by atoms with van der Waals surface area (Å²) in [5, 5.41) is 1.19. The fraction of sp³-hybridized carbons (Fsp3) is 0.387. The fourth-order valence-electron chi connectivity index (χ4n) is 6.74. The maximum atomic E-state index is 14.0. The van der Waals surface area contributed by atoms with Crippen molar-refractivity contribution in [3.05, 3.63) is 92.5 Å². The van der Waals surface area contributed by atoms with E-state index >= 15 is 0 Å². The Hall–Kier alpha value is -2.15. The van der Waals surface area contributed by atoms with Gasteiger partial charge >= 0.3 is 0 Å². The SMILES string of the molecule is CN(C)C1CC2CCC(C1)N2Cc1cc(-c2ccc(F)cc2Cl)c2ccc(=O)n(C3C(Cl)=CC=CC3Cl)c2c1. The molecule has 0 radical (unpaired) electrons. The molecule has 2 saturated heterocycles. The van der Waals surface area contributed by atoms with Crippen LogP contribution in [-0.4, -0.2) is 52.0 Å². The van der Waals surface area contributed by atoms with Crippen LogP contribution in [0.15, 0.2) is 70.5 Å². The summed E-state index contributed by atoms with van der Waals surface area (Å²) in [6.07, 6.45) is 10.2. The van der Waals surface area contributed by atoms with E-state index in [4.69, 9.17) is 34.8 Å². The molecule has 3 heterocycles. The zero-order valence-corrected chi connectivity index (χ0v) is 24.2. The third kappa shape index (κ3) is 4.98. The first-order chi connectivity index (χ1) is 18.7. The second-order valence-corrected chi connectivity index (χ2v) is 12.6. The van der Waals surface area contributed by atoms with Crippen LogP contribution in [0.5, 0.6) is 0 Å². The minimum atomic E-state index is -0.534. The summed E-state index contributed by atoms with van der Waals surface area (Å²) in [5.41, 5.74) is 3.21. The number of halogens is 4. The molecule has 8 heteroatoms. The van der Waals surface area contributed by atoms with Gasteiger partial charge in [-0.25, -0.2) is 4.39 Å². The maximum Gasteiger partial charge on any atom is 0.251 e. The van der Waals surface area contributed by atoms with Crippen molar-refractivity contribution in [2.24, 2.45) is 0 Å². The van der Waals surface area contributed by atoms with Crippen LogP contribution in [0.3, 0.4) is 0 Å². The molecular formula is C31H31Cl3FN3O. The van der Waals surface area contributed by atoms with Gasteiger partial charge in [0.2, 0.25) is 0 Å². The van der Waals surface area contributed by atoms with E-state index in [1.807, 2.05) is 18.2 Å². The van der Waals surface area contributed by atoms with Gasteiger partial charge in [0.05, 0.1) is 22.0 Å². The Morgan fingerprint density at radius 2 is 1.74 bits per heavy atom. The molecule has 2 bridgehead atoms. The molecule has 2 aromatic carbocycles. The summed E-state index contributed by atoms with van der Waals surface area (Å²) in [7, 11) is 4.34. The Labute approximate surface area is 243 Å². The van der Waals surface area contributed by atoms with Crippen molar-refractivity contribution in [3.8, 4) is 11.1 Å². The molecule has 1 aliphatic carbocycles. The Bertz CT molecular complexity index is 1530. The number of allylic oxidation sites excluding steroid dienone is 4. The van der Waals surface area contributed by atoms with Crippen LogP contribution < -0.4 is 5.56 Å². The minimum absolute atomic E-state index is 0.180. The monoisotopic (exact) mass is 585 g/mol. The van der Waals surface area contributed by atoms with Gasteiger partial charge in [-0.15, -0.1) is 11.6 Å². The molecule has 4 unspecified atom stereocenters.